The third-order valence-electron chi connectivity index (χ3n) is 4.04. The van der Waals surface area contributed by atoms with Gasteiger partial charge >= 0.3 is 0 Å². The first-order chi connectivity index (χ1) is 12.0. The number of carbonyl (C=O) groups is 2. The first-order valence-electron chi connectivity index (χ1n) is 8.02. The van der Waals surface area contributed by atoms with Crippen LogP contribution in [0.25, 0.3) is 21.8 Å². The molecule has 0 fully saturated rings. The number of para-hydroxylation sites is 1. The van der Waals surface area contributed by atoms with Crippen molar-refractivity contribution >= 4 is 33.6 Å². The van der Waals surface area contributed by atoms with Gasteiger partial charge in [0.05, 0.1) is 16.6 Å². The maximum absolute atomic E-state index is 12.6. The molecule has 0 aliphatic heterocycles. The van der Waals surface area contributed by atoms with Crippen LogP contribution in [0.3, 0.4) is 0 Å². The molecule has 0 atom stereocenters. The van der Waals surface area contributed by atoms with Crippen molar-refractivity contribution in [3.8, 4) is 0 Å². The van der Waals surface area contributed by atoms with E-state index in [1.165, 1.54) is 0 Å². The standard InChI is InChI=1S/C19H20N4O2/c1-23(2)10-9-21-19(25)14-8-7-13(18(20)24)15-11-12-5-3-4-6-16(12)22-17(14)15/h3-8,11H,9-10H2,1-2H3,(H2,20,24)(H,21,25). The SMILES string of the molecule is CN(C)CCNC(=O)c1ccc(C(N)=O)c2cc3ccccc3nc12. The molecule has 0 spiro atoms. The van der Waals surface area contributed by atoms with E-state index < -0.39 is 5.91 Å². The molecule has 3 N–H and O–H groups in total. The summed E-state index contributed by atoms with van der Waals surface area (Å²) in [4.78, 5) is 30.9. The zero-order chi connectivity index (χ0) is 18.0. The average molecular weight is 336 g/mol. The molecule has 0 bridgehead atoms. The topological polar surface area (TPSA) is 88.3 Å². The van der Waals surface area contributed by atoms with Crippen molar-refractivity contribution in [3.63, 3.8) is 0 Å². The Labute approximate surface area is 145 Å². The third-order valence-corrected chi connectivity index (χ3v) is 4.04. The number of pyridine rings is 1. The first-order valence-corrected chi connectivity index (χ1v) is 8.02. The number of nitrogens with two attached hydrogens (primary N) is 1. The molecule has 0 radical (unpaired) electrons. The number of hydrogen-bond acceptors (Lipinski definition) is 4. The molecule has 6 heteroatoms. The number of carbonyl (C=O) groups excluding carboxylic acids is 2. The molecule has 0 saturated heterocycles. The number of rotatable bonds is 5. The van der Waals surface area contributed by atoms with Crippen molar-refractivity contribution in [1.29, 1.82) is 0 Å². The van der Waals surface area contributed by atoms with E-state index in [9.17, 15) is 9.59 Å². The van der Waals surface area contributed by atoms with Gasteiger partial charge in [0.2, 0.25) is 5.91 Å². The highest BCUT2D eigenvalue weighted by Gasteiger charge is 2.16. The Morgan fingerprint density at radius 3 is 2.56 bits per heavy atom. The van der Waals surface area contributed by atoms with E-state index in [1.54, 1.807) is 12.1 Å². The van der Waals surface area contributed by atoms with Crippen molar-refractivity contribution < 1.29 is 9.59 Å². The maximum atomic E-state index is 12.6. The van der Waals surface area contributed by atoms with Crippen LogP contribution in [0.2, 0.25) is 0 Å². The van der Waals surface area contributed by atoms with E-state index in [0.29, 0.717) is 28.6 Å². The minimum absolute atomic E-state index is 0.217. The molecule has 128 valence electrons. The van der Waals surface area contributed by atoms with Crippen LogP contribution in [0.5, 0.6) is 0 Å². The summed E-state index contributed by atoms with van der Waals surface area (Å²) < 4.78 is 0. The van der Waals surface area contributed by atoms with Crippen LogP contribution in [0.4, 0.5) is 0 Å². The lowest BCUT2D eigenvalue weighted by molar-refractivity contribution is 0.0950. The average Bonchev–Trinajstić information content (AvgIpc) is 2.58. The van der Waals surface area contributed by atoms with Gasteiger partial charge in [-0.3, -0.25) is 9.59 Å². The summed E-state index contributed by atoms with van der Waals surface area (Å²) in [6.07, 6.45) is 0. The van der Waals surface area contributed by atoms with E-state index in [4.69, 9.17) is 5.73 Å². The van der Waals surface area contributed by atoms with Crippen molar-refractivity contribution in [1.82, 2.24) is 15.2 Å². The van der Waals surface area contributed by atoms with Crippen molar-refractivity contribution in [2.75, 3.05) is 27.2 Å². The molecule has 1 aromatic heterocycles. The van der Waals surface area contributed by atoms with Gasteiger partial charge in [0.1, 0.15) is 0 Å². The normalized spacial score (nSPS) is 11.2. The molecular formula is C19H20N4O2. The summed E-state index contributed by atoms with van der Waals surface area (Å²) >= 11 is 0. The van der Waals surface area contributed by atoms with Gasteiger partial charge in [-0.25, -0.2) is 4.98 Å². The lowest BCUT2D eigenvalue weighted by Crippen LogP contribution is -2.31. The Morgan fingerprint density at radius 2 is 1.84 bits per heavy atom. The Bertz CT molecular complexity index is 966. The van der Waals surface area contributed by atoms with E-state index in [2.05, 4.69) is 10.3 Å². The van der Waals surface area contributed by atoms with Crippen LogP contribution in [0.15, 0.2) is 42.5 Å². The highest BCUT2D eigenvalue weighted by atomic mass is 16.2. The summed E-state index contributed by atoms with van der Waals surface area (Å²) in [6.45, 7) is 1.26. The van der Waals surface area contributed by atoms with Gasteiger partial charge in [0.25, 0.3) is 5.91 Å². The van der Waals surface area contributed by atoms with Gasteiger partial charge < -0.3 is 16.0 Å². The Morgan fingerprint density at radius 1 is 1.12 bits per heavy atom. The predicted molar refractivity (Wildman–Crippen MR) is 98.7 cm³/mol. The quantitative estimate of drug-likeness (QED) is 0.695. The second kappa shape index (κ2) is 6.86. The van der Waals surface area contributed by atoms with Crippen molar-refractivity contribution in [2.24, 2.45) is 5.73 Å². The zero-order valence-corrected chi connectivity index (χ0v) is 14.2. The monoisotopic (exact) mass is 336 g/mol. The number of amides is 2. The van der Waals surface area contributed by atoms with Crippen LogP contribution >= 0.6 is 0 Å². The van der Waals surface area contributed by atoms with Gasteiger partial charge in [-0.15, -0.1) is 0 Å². The van der Waals surface area contributed by atoms with Crippen molar-refractivity contribution in [3.05, 3.63) is 53.6 Å². The fourth-order valence-corrected chi connectivity index (χ4v) is 2.75. The number of primary amides is 1. The Balaban J connectivity index is 2.12. The minimum Gasteiger partial charge on any atom is -0.366 e. The molecule has 2 amide bonds. The van der Waals surface area contributed by atoms with Crippen LogP contribution in [0.1, 0.15) is 20.7 Å². The molecule has 0 saturated carbocycles. The van der Waals surface area contributed by atoms with Gasteiger partial charge in [-0.2, -0.15) is 0 Å². The fourth-order valence-electron chi connectivity index (χ4n) is 2.75. The molecule has 0 aliphatic rings. The highest BCUT2D eigenvalue weighted by Crippen LogP contribution is 2.25. The second-order valence-corrected chi connectivity index (χ2v) is 6.16. The Hall–Kier alpha value is -2.99. The predicted octanol–water partition coefficient (Wildman–Crippen LogP) is 1.78. The molecule has 3 aromatic rings. The number of fused-ring (bicyclic) bond motifs is 2. The highest BCUT2D eigenvalue weighted by molar-refractivity contribution is 6.14. The second-order valence-electron chi connectivity index (χ2n) is 6.16. The molecular weight excluding hydrogens is 316 g/mol. The molecule has 6 nitrogen and oxygen atoms in total. The van der Waals surface area contributed by atoms with Crippen LogP contribution in [-0.4, -0.2) is 48.9 Å². The molecule has 25 heavy (non-hydrogen) atoms. The number of nitrogens with zero attached hydrogens (tertiary/aromatic N) is 2. The fraction of sp³-hybridized carbons (Fsp3) is 0.211. The van der Waals surface area contributed by atoms with E-state index in [0.717, 1.165) is 17.4 Å². The van der Waals surface area contributed by atoms with E-state index >= 15 is 0 Å². The smallest absolute Gasteiger partial charge is 0.253 e. The molecule has 0 aliphatic carbocycles. The summed E-state index contributed by atoms with van der Waals surface area (Å²) in [6, 6.07) is 12.6. The van der Waals surface area contributed by atoms with E-state index in [1.807, 2.05) is 49.3 Å². The van der Waals surface area contributed by atoms with Crippen molar-refractivity contribution in [2.45, 2.75) is 0 Å². The summed E-state index contributed by atoms with van der Waals surface area (Å²) in [5.41, 5.74) is 7.53. The van der Waals surface area contributed by atoms with Crippen LogP contribution in [-0.2, 0) is 0 Å². The summed E-state index contributed by atoms with van der Waals surface area (Å²) in [5.74, 6) is -0.757. The lowest BCUT2D eigenvalue weighted by Gasteiger charge is -2.13. The lowest BCUT2D eigenvalue weighted by atomic mass is 10.0. The minimum atomic E-state index is -0.540. The zero-order valence-electron chi connectivity index (χ0n) is 14.2. The Kier molecular flexibility index (Phi) is 4.63. The van der Waals surface area contributed by atoms with Gasteiger partial charge in [-0.05, 0) is 38.4 Å². The number of aromatic nitrogens is 1. The van der Waals surface area contributed by atoms with E-state index in [-0.39, 0.29) is 5.91 Å². The van der Waals surface area contributed by atoms with Crippen LogP contribution < -0.4 is 11.1 Å². The third kappa shape index (κ3) is 3.44. The van der Waals surface area contributed by atoms with Crippen LogP contribution in [0, 0.1) is 0 Å². The molecule has 0 unspecified atom stereocenters. The molecule has 2 aromatic carbocycles. The van der Waals surface area contributed by atoms with Gasteiger partial charge in [0.15, 0.2) is 0 Å². The number of nitrogens with one attached hydrogen (secondary N) is 1. The molecule has 1 heterocycles. The first kappa shape index (κ1) is 16.9. The number of benzene rings is 2. The molecule has 3 rings (SSSR count). The summed E-state index contributed by atoms with van der Waals surface area (Å²) in [5, 5.41) is 4.36. The largest absolute Gasteiger partial charge is 0.366 e. The van der Waals surface area contributed by atoms with Gasteiger partial charge in [-0.1, -0.05) is 18.2 Å². The van der Waals surface area contributed by atoms with Gasteiger partial charge in [0, 0.05) is 29.4 Å². The summed E-state index contributed by atoms with van der Waals surface area (Å²) in [7, 11) is 3.88. The maximum Gasteiger partial charge on any atom is 0.253 e. The number of likely N-dealkylation sites (N-methyl/N-ethyl adjacent to an activating group) is 1. The number of hydrogen-bond donors (Lipinski definition) is 2.